The first-order chi connectivity index (χ1) is 33.9. The minimum Gasteiger partial charge on any atom is -0.310 e. The van der Waals surface area contributed by atoms with Crippen molar-refractivity contribution < 1.29 is 17.6 Å². The molecule has 70 heavy (non-hydrogen) atoms. The van der Waals surface area contributed by atoms with E-state index in [2.05, 4.69) is 135 Å². The zero-order valence-electron chi connectivity index (χ0n) is 39.0. The van der Waals surface area contributed by atoms with Crippen LogP contribution in [0.25, 0.3) is 55.3 Å². The quantitative estimate of drug-likeness (QED) is 0.140. The van der Waals surface area contributed by atoms with Crippen LogP contribution in [0.5, 0.6) is 0 Å². The molecular weight excluding hydrogens is 873 g/mol. The van der Waals surface area contributed by atoms with E-state index in [0.29, 0.717) is 22.3 Å². The summed E-state index contributed by atoms with van der Waals surface area (Å²) >= 11 is 0. The summed E-state index contributed by atoms with van der Waals surface area (Å²) in [7, 11) is 0. The van der Waals surface area contributed by atoms with Crippen LogP contribution < -0.4 is 9.80 Å². The Labute approximate surface area is 405 Å². The lowest BCUT2D eigenvalue weighted by atomic mass is 9.76. The van der Waals surface area contributed by atoms with E-state index in [1.165, 1.54) is 24.3 Å². The fourth-order valence-electron chi connectivity index (χ4n) is 11.4. The molecule has 0 saturated carbocycles. The second-order valence-corrected chi connectivity index (χ2v) is 19.5. The standard InChI is InChI=1S/C64H46F4N2/c1-63(2)55-35-49(69(45-17-9-5-10-18-45)46-19-11-6-12-20-46)25-27-51(55)61-57(63)37-53-54(59(61)39-29-41(65)33-42(66)30-39)38-58-62(60(53)40-31-43(67)34-44(68)32-40)52-28-26-50(36-56(52)64(58,3)4)70(47-21-13-7-14-22-47)48-23-15-8-16-24-48/h5-38H,1-4H3. The Balaban J connectivity index is 1.15. The number of benzene rings is 10. The van der Waals surface area contributed by atoms with Crippen LogP contribution >= 0.6 is 0 Å². The van der Waals surface area contributed by atoms with Crippen LogP contribution in [0.4, 0.5) is 51.7 Å². The number of halogens is 4. The van der Waals surface area contributed by atoms with Crippen molar-refractivity contribution in [2.75, 3.05) is 9.80 Å². The van der Waals surface area contributed by atoms with E-state index in [4.69, 9.17) is 0 Å². The molecule has 0 fully saturated rings. The summed E-state index contributed by atoms with van der Waals surface area (Å²) in [5.74, 6) is -2.81. The first kappa shape index (κ1) is 43.1. The second-order valence-electron chi connectivity index (χ2n) is 19.5. The number of nitrogens with zero attached hydrogens (tertiary/aromatic N) is 2. The van der Waals surface area contributed by atoms with Crippen molar-refractivity contribution in [2.45, 2.75) is 38.5 Å². The van der Waals surface area contributed by atoms with Gasteiger partial charge in [-0.1, -0.05) is 113 Å². The molecule has 0 radical (unpaired) electrons. The lowest BCUT2D eigenvalue weighted by Gasteiger charge is -2.28. The Morgan fingerprint density at radius 3 is 0.886 bits per heavy atom. The van der Waals surface area contributed by atoms with E-state index >= 15 is 17.6 Å². The van der Waals surface area contributed by atoms with Gasteiger partial charge in [-0.3, -0.25) is 0 Å². The molecule has 0 bridgehead atoms. The van der Waals surface area contributed by atoms with Crippen LogP contribution in [-0.2, 0) is 10.8 Å². The van der Waals surface area contributed by atoms with Crippen LogP contribution in [0.2, 0.25) is 0 Å². The summed E-state index contributed by atoms with van der Waals surface area (Å²) in [6, 6.07) is 65.5. The molecule has 0 aliphatic heterocycles. The van der Waals surface area contributed by atoms with Gasteiger partial charge in [-0.05, 0) is 187 Å². The zero-order chi connectivity index (χ0) is 48.1. The summed E-state index contributed by atoms with van der Waals surface area (Å²) in [6.07, 6.45) is 0. The van der Waals surface area contributed by atoms with Gasteiger partial charge in [0.05, 0.1) is 0 Å². The highest BCUT2D eigenvalue weighted by molar-refractivity contribution is 6.17. The third-order valence-electron chi connectivity index (χ3n) is 14.6. The fourth-order valence-corrected chi connectivity index (χ4v) is 11.4. The van der Waals surface area contributed by atoms with Gasteiger partial charge >= 0.3 is 0 Å². The van der Waals surface area contributed by atoms with Gasteiger partial charge < -0.3 is 9.80 Å². The Morgan fingerprint density at radius 1 is 0.286 bits per heavy atom. The third kappa shape index (κ3) is 6.84. The van der Waals surface area contributed by atoms with Crippen molar-refractivity contribution in [3.05, 3.63) is 252 Å². The average molecular weight is 919 g/mol. The fraction of sp³-hybridized carbons (Fsp3) is 0.0938. The monoisotopic (exact) mass is 918 g/mol. The van der Waals surface area contributed by atoms with Gasteiger partial charge in [-0.2, -0.15) is 0 Å². The predicted octanol–water partition coefficient (Wildman–Crippen LogP) is 18.3. The van der Waals surface area contributed by atoms with Gasteiger partial charge in [0.2, 0.25) is 0 Å². The van der Waals surface area contributed by atoms with Crippen molar-refractivity contribution in [3.8, 4) is 44.5 Å². The van der Waals surface area contributed by atoms with Crippen LogP contribution in [0.1, 0.15) is 49.9 Å². The molecule has 2 aliphatic rings. The Hall–Kier alpha value is -8.22. The van der Waals surface area contributed by atoms with Crippen molar-refractivity contribution in [1.82, 2.24) is 0 Å². The predicted molar refractivity (Wildman–Crippen MR) is 279 cm³/mol. The molecule has 0 aromatic heterocycles. The molecule has 6 heteroatoms. The van der Waals surface area contributed by atoms with Gasteiger partial charge in [0.1, 0.15) is 23.3 Å². The molecule has 2 nitrogen and oxygen atoms in total. The van der Waals surface area contributed by atoms with E-state index in [1.807, 2.05) is 72.8 Å². The van der Waals surface area contributed by atoms with Gasteiger partial charge in [0.25, 0.3) is 0 Å². The first-order valence-corrected chi connectivity index (χ1v) is 23.6. The lowest BCUT2D eigenvalue weighted by molar-refractivity contribution is 0.583. The minimum atomic E-state index is -0.704. The summed E-state index contributed by atoms with van der Waals surface area (Å²) in [4.78, 5) is 4.45. The maximum atomic E-state index is 15.7. The van der Waals surface area contributed by atoms with E-state index < -0.39 is 34.1 Å². The number of rotatable bonds is 8. The molecule has 0 spiro atoms. The molecule has 0 heterocycles. The van der Waals surface area contributed by atoms with Gasteiger partial charge in [-0.15, -0.1) is 0 Å². The molecule has 340 valence electrons. The average Bonchev–Trinajstić information content (AvgIpc) is 3.71. The van der Waals surface area contributed by atoms with E-state index in [1.54, 1.807) is 0 Å². The molecule has 10 aromatic rings. The Kier molecular flexibility index (Phi) is 9.97. The van der Waals surface area contributed by atoms with Gasteiger partial charge in [0, 0.05) is 57.1 Å². The molecule has 0 N–H and O–H groups in total. The number of anilines is 6. The Bertz CT molecular complexity index is 3340. The highest BCUT2D eigenvalue weighted by Gasteiger charge is 2.43. The largest absolute Gasteiger partial charge is 0.310 e. The molecule has 12 rings (SSSR count). The summed E-state index contributed by atoms with van der Waals surface area (Å²) in [6.45, 7) is 8.72. The number of para-hydroxylation sites is 4. The van der Waals surface area contributed by atoms with Gasteiger partial charge in [-0.25, -0.2) is 17.6 Å². The van der Waals surface area contributed by atoms with Crippen LogP contribution in [0.15, 0.2) is 206 Å². The summed E-state index contributed by atoms with van der Waals surface area (Å²) in [5.41, 5.74) is 14.2. The highest BCUT2D eigenvalue weighted by Crippen LogP contribution is 2.61. The second kappa shape index (κ2) is 16.2. The Morgan fingerprint density at radius 2 is 0.586 bits per heavy atom. The first-order valence-electron chi connectivity index (χ1n) is 23.6. The van der Waals surface area contributed by atoms with Crippen LogP contribution in [-0.4, -0.2) is 0 Å². The number of hydrogen-bond acceptors (Lipinski definition) is 2. The SMILES string of the molecule is CC1(C)c2cc(N(c3ccccc3)c3ccccc3)ccc2-c2c1cc1c(-c3cc(F)cc(F)c3)c3c(cc1c2-c1cc(F)cc(F)c1)C(C)(C)c1cc(N(c2ccccc2)c2ccccc2)ccc1-3. The molecule has 2 aliphatic carbocycles. The maximum absolute atomic E-state index is 15.7. The molecule has 10 aromatic carbocycles. The van der Waals surface area contributed by atoms with Crippen LogP contribution in [0.3, 0.4) is 0 Å². The van der Waals surface area contributed by atoms with Crippen LogP contribution in [0, 0.1) is 23.3 Å². The lowest BCUT2D eigenvalue weighted by Crippen LogP contribution is -2.17. The van der Waals surface area contributed by atoms with Crippen molar-refractivity contribution in [3.63, 3.8) is 0 Å². The van der Waals surface area contributed by atoms with Crippen molar-refractivity contribution in [2.24, 2.45) is 0 Å². The van der Waals surface area contributed by atoms with E-state index in [0.717, 1.165) is 102 Å². The van der Waals surface area contributed by atoms with E-state index in [-0.39, 0.29) is 0 Å². The normalized spacial score (nSPS) is 13.7. The van der Waals surface area contributed by atoms with E-state index in [9.17, 15) is 0 Å². The van der Waals surface area contributed by atoms with Gasteiger partial charge in [0.15, 0.2) is 0 Å². The number of hydrogen-bond donors (Lipinski definition) is 0. The van der Waals surface area contributed by atoms with Crippen molar-refractivity contribution in [1.29, 1.82) is 0 Å². The summed E-state index contributed by atoms with van der Waals surface area (Å²) < 4.78 is 63.0. The molecule has 0 atom stereocenters. The molecule has 0 saturated heterocycles. The maximum Gasteiger partial charge on any atom is 0.126 e. The van der Waals surface area contributed by atoms with Crippen molar-refractivity contribution >= 4 is 44.9 Å². The summed E-state index contributed by atoms with van der Waals surface area (Å²) in [5, 5.41) is 1.45. The highest BCUT2D eigenvalue weighted by atomic mass is 19.1. The zero-order valence-corrected chi connectivity index (χ0v) is 39.0. The third-order valence-corrected chi connectivity index (χ3v) is 14.6. The topological polar surface area (TPSA) is 6.48 Å². The molecule has 0 amide bonds. The smallest absolute Gasteiger partial charge is 0.126 e. The minimum absolute atomic E-state index is 0.371. The molecule has 0 unspecified atom stereocenters. The molecular formula is C64H46F4N2. The number of fused-ring (bicyclic) bond motifs is 7.